The summed E-state index contributed by atoms with van der Waals surface area (Å²) in [7, 11) is -2.28. The highest BCUT2D eigenvalue weighted by molar-refractivity contribution is 7.92. The zero-order chi connectivity index (χ0) is 24.7. The highest BCUT2D eigenvalue weighted by Crippen LogP contribution is 2.31. The second kappa shape index (κ2) is 11.9. The zero-order valence-electron chi connectivity index (χ0n) is 19.8. The molecule has 1 fully saturated rings. The van der Waals surface area contributed by atoms with Gasteiger partial charge in [0.25, 0.3) is 0 Å². The van der Waals surface area contributed by atoms with Gasteiger partial charge in [0.15, 0.2) is 0 Å². The summed E-state index contributed by atoms with van der Waals surface area (Å²) in [5.74, 6) is 0.0479. The normalized spacial score (nSPS) is 15.5. The van der Waals surface area contributed by atoms with Crippen molar-refractivity contribution in [1.29, 1.82) is 0 Å². The predicted octanol–water partition coefficient (Wildman–Crippen LogP) is 3.04. The molecular formula is C24H32ClN3O5S. The third-order valence-corrected chi connectivity index (χ3v) is 7.16. The lowest BCUT2D eigenvalue weighted by Gasteiger charge is -2.30. The molecule has 1 heterocycles. The quantitative estimate of drug-likeness (QED) is 0.529. The topological polar surface area (TPSA) is 88.2 Å². The first kappa shape index (κ1) is 26.3. The van der Waals surface area contributed by atoms with Gasteiger partial charge in [-0.1, -0.05) is 42.8 Å². The molecule has 34 heavy (non-hydrogen) atoms. The molecule has 2 aromatic rings. The molecule has 1 atom stereocenters. The highest BCUT2D eigenvalue weighted by Gasteiger charge is 2.31. The maximum absolute atomic E-state index is 13.1. The maximum atomic E-state index is 13.1. The molecular weight excluding hydrogens is 478 g/mol. The van der Waals surface area contributed by atoms with Crippen molar-refractivity contribution in [1.82, 2.24) is 10.2 Å². The largest absolute Gasteiger partial charge is 0.495 e. The molecule has 0 unspecified atom stereocenters. The van der Waals surface area contributed by atoms with E-state index in [-0.39, 0.29) is 10.9 Å². The van der Waals surface area contributed by atoms with Crippen molar-refractivity contribution in [2.24, 2.45) is 0 Å². The Morgan fingerprint density at radius 3 is 2.53 bits per heavy atom. The summed E-state index contributed by atoms with van der Waals surface area (Å²) >= 11 is 6.22. The van der Waals surface area contributed by atoms with Gasteiger partial charge >= 0.3 is 0 Å². The smallest absolute Gasteiger partial charge is 0.244 e. The molecule has 1 amide bonds. The van der Waals surface area contributed by atoms with Gasteiger partial charge in [-0.3, -0.25) is 14.0 Å². The molecule has 1 aliphatic rings. The Kier molecular flexibility index (Phi) is 9.18. The lowest BCUT2D eigenvalue weighted by Crippen LogP contribution is -2.49. The van der Waals surface area contributed by atoms with E-state index in [1.165, 1.54) is 13.2 Å². The third kappa shape index (κ3) is 6.85. The number of hydrogen-bond donors (Lipinski definition) is 1. The monoisotopic (exact) mass is 509 g/mol. The number of halogens is 1. The lowest BCUT2D eigenvalue weighted by molar-refractivity contribution is -0.122. The number of carbonyl (C=O) groups excluding carboxylic acids is 1. The summed E-state index contributed by atoms with van der Waals surface area (Å²) < 4.78 is 37.0. The van der Waals surface area contributed by atoms with E-state index >= 15 is 0 Å². The molecule has 10 heteroatoms. The van der Waals surface area contributed by atoms with Crippen LogP contribution in [0.2, 0.25) is 5.02 Å². The van der Waals surface area contributed by atoms with Crippen molar-refractivity contribution < 1.29 is 22.7 Å². The molecule has 1 aliphatic heterocycles. The summed E-state index contributed by atoms with van der Waals surface area (Å²) in [6.07, 6.45) is 1.37. The fraction of sp³-hybridized carbons (Fsp3) is 0.458. The van der Waals surface area contributed by atoms with Crippen molar-refractivity contribution in [2.75, 3.05) is 44.0 Å². The molecule has 0 aromatic heterocycles. The average molecular weight is 510 g/mol. The summed E-state index contributed by atoms with van der Waals surface area (Å²) in [5.41, 5.74) is 2.42. The van der Waals surface area contributed by atoms with E-state index in [9.17, 15) is 13.2 Å². The second-order valence-electron chi connectivity index (χ2n) is 8.23. The lowest BCUT2D eigenvalue weighted by atomic mass is 10.1. The van der Waals surface area contributed by atoms with E-state index in [4.69, 9.17) is 21.1 Å². The molecule has 186 valence electrons. The van der Waals surface area contributed by atoms with E-state index in [1.807, 2.05) is 12.1 Å². The summed E-state index contributed by atoms with van der Waals surface area (Å²) in [5, 5.41) is 3.17. The van der Waals surface area contributed by atoms with Crippen molar-refractivity contribution in [3.05, 3.63) is 58.6 Å². The summed E-state index contributed by atoms with van der Waals surface area (Å²) in [6.45, 7) is 6.17. The van der Waals surface area contributed by atoms with Crippen molar-refractivity contribution in [3.8, 4) is 5.75 Å². The van der Waals surface area contributed by atoms with E-state index in [0.29, 0.717) is 24.4 Å². The summed E-state index contributed by atoms with van der Waals surface area (Å²) in [6, 6.07) is 11.8. The van der Waals surface area contributed by atoms with Crippen LogP contribution in [0.15, 0.2) is 42.5 Å². The van der Waals surface area contributed by atoms with Crippen LogP contribution in [0.1, 0.15) is 24.5 Å². The Balaban J connectivity index is 1.72. The minimum absolute atomic E-state index is 0.265. The number of sulfonamides is 1. The van der Waals surface area contributed by atoms with Crippen molar-refractivity contribution in [2.45, 2.75) is 32.5 Å². The Hall–Kier alpha value is -2.33. The molecule has 1 N–H and O–H groups in total. The second-order valence-corrected chi connectivity index (χ2v) is 10.5. The first-order valence-electron chi connectivity index (χ1n) is 11.2. The van der Waals surface area contributed by atoms with Gasteiger partial charge in [0, 0.05) is 26.2 Å². The first-order valence-corrected chi connectivity index (χ1v) is 13.4. The van der Waals surface area contributed by atoms with Gasteiger partial charge in [0.2, 0.25) is 15.9 Å². The van der Waals surface area contributed by atoms with Gasteiger partial charge in [-0.2, -0.15) is 0 Å². The number of morpholine rings is 1. The van der Waals surface area contributed by atoms with Crippen molar-refractivity contribution >= 4 is 33.2 Å². The van der Waals surface area contributed by atoms with Crippen LogP contribution in [-0.4, -0.2) is 64.9 Å². The number of anilines is 1. The van der Waals surface area contributed by atoms with E-state index in [0.717, 1.165) is 54.5 Å². The van der Waals surface area contributed by atoms with Gasteiger partial charge in [0.05, 0.1) is 37.3 Å². The Bertz CT molecular complexity index is 1090. The number of benzene rings is 2. The minimum atomic E-state index is -3.76. The number of amides is 1. The zero-order valence-corrected chi connectivity index (χ0v) is 21.4. The molecule has 0 bridgehead atoms. The minimum Gasteiger partial charge on any atom is -0.495 e. The van der Waals surface area contributed by atoms with Gasteiger partial charge in [-0.25, -0.2) is 8.42 Å². The van der Waals surface area contributed by atoms with Gasteiger partial charge < -0.3 is 14.8 Å². The standard InChI is InChI=1S/C24H32ClN3O5S/c1-4-22(28(34(3,30)31)20-8-9-23(32-2)21(25)15-20)24(29)26-16-18-6-5-7-19(14-18)17-27-10-12-33-13-11-27/h5-9,14-15,22H,4,10-13,16-17H2,1-3H3,(H,26,29)/t22-/m0/s1. The van der Waals surface area contributed by atoms with Crippen LogP contribution < -0.4 is 14.4 Å². The Morgan fingerprint density at radius 2 is 1.91 bits per heavy atom. The molecule has 8 nitrogen and oxygen atoms in total. The maximum Gasteiger partial charge on any atom is 0.244 e. The number of ether oxygens (including phenoxy) is 2. The van der Waals surface area contributed by atoms with Gasteiger partial charge in [-0.05, 0) is 35.7 Å². The van der Waals surface area contributed by atoms with E-state index in [1.54, 1.807) is 19.1 Å². The van der Waals surface area contributed by atoms with Crippen LogP contribution in [0.4, 0.5) is 5.69 Å². The Morgan fingerprint density at radius 1 is 1.21 bits per heavy atom. The number of hydrogen-bond acceptors (Lipinski definition) is 6. The molecule has 0 saturated carbocycles. The van der Waals surface area contributed by atoms with Crippen LogP contribution in [0.5, 0.6) is 5.75 Å². The van der Waals surface area contributed by atoms with Gasteiger partial charge in [0.1, 0.15) is 11.8 Å². The van der Waals surface area contributed by atoms with E-state index < -0.39 is 16.1 Å². The van der Waals surface area contributed by atoms with Crippen LogP contribution in [-0.2, 0) is 32.6 Å². The van der Waals surface area contributed by atoms with Crippen LogP contribution in [0, 0.1) is 0 Å². The number of nitrogens with zero attached hydrogens (tertiary/aromatic N) is 2. The molecule has 1 saturated heterocycles. The van der Waals surface area contributed by atoms with Crippen LogP contribution in [0.25, 0.3) is 0 Å². The number of nitrogens with one attached hydrogen (secondary N) is 1. The molecule has 0 radical (unpaired) electrons. The van der Waals surface area contributed by atoms with E-state index in [2.05, 4.69) is 22.3 Å². The number of rotatable bonds is 10. The molecule has 2 aromatic carbocycles. The van der Waals surface area contributed by atoms with Gasteiger partial charge in [-0.15, -0.1) is 0 Å². The average Bonchev–Trinajstić information content (AvgIpc) is 2.81. The molecule has 0 aliphatic carbocycles. The predicted molar refractivity (Wildman–Crippen MR) is 134 cm³/mol. The van der Waals surface area contributed by atoms with Crippen molar-refractivity contribution in [3.63, 3.8) is 0 Å². The fourth-order valence-electron chi connectivity index (χ4n) is 4.02. The highest BCUT2D eigenvalue weighted by atomic mass is 35.5. The van der Waals surface area contributed by atoms with Crippen LogP contribution in [0.3, 0.4) is 0 Å². The SMILES string of the molecule is CC[C@@H](C(=O)NCc1cccc(CN2CCOCC2)c1)N(c1ccc(OC)c(Cl)c1)S(C)(=O)=O. The molecule has 0 spiro atoms. The summed E-state index contributed by atoms with van der Waals surface area (Å²) in [4.78, 5) is 15.5. The first-order chi connectivity index (χ1) is 16.2. The fourth-order valence-corrected chi connectivity index (χ4v) is 5.47. The number of carbonyl (C=O) groups is 1. The number of methoxy groups -OCH3 is 1. The third-order valence-electron chi connectivity index (χ3n) is 5.69. The van der Waals surface area contributed by atoms with Crippen LogP contribution >= 0.6 is 11.6 Å². The molecule has 3 rings (SSSR count). The Labute approximate surface area is 206 Å².